The van der Waals surface area contributed by atoms with Crippen LogP contribution in [0.15, 0.2) is 48.5 Å². The van der Waals surface area contributed by atoms with Gasteiger partial charge in [0.1, 0.15) is 0 Å². The fourth-order valence-electron chi connectivity index (χ4n) is 2.86. The summed E-state index contributed by atoms with van der Waals surface area (Å²) in [5.74, 6) is -1.38. The van der Waals surface area contributed by atoms with Gasteiger partial charge >= 0.3 is 5.97 Å². The minimum absolute atomic E-state index is 0.0936. The van der Waals surface area contributed by atoms with Crippen molar-refractivity contribution in [2.24, 2.45) is 0 Å². The molecule has 26 heavy (non-hydrogen) atoms. The molecule has 3 rings (SSSR count). The molecule has 0 saturated carbocycles. The zero-order valence-electron chi connectivity index (χ0n) is 14.5. The summed E-state index contributed by atoms with van der Waals surface area (Å²) in [6.45, 7) is 4.55. The van der Waals surface area contributed by atoms with Crippen LogP contribution in [0.3, 0.4) is 0 Å². The molecule has 1 aliphatic rings. The number of amides is 1. The average Bonchev–Trinajstić information content (AvgIpc) is 2.68. The van der Waals surface area contributed by atoms with Gasteiger partial charge in [-0.1, -0.05) is 18.2 Å². The Morgan fingerprint density at radius 3 is 2.42 bits per heavy atom. The molecule has 0 atom stereocenters. The van der Waals surface area contributed by atoms with Gasteiger partial charge in [0, 0.05) is 30.9 Å². The van der Waals surface area contributed by atoms with Crippen LogP contribution in [-0.2, 0) is 11.2 Å². The van der Waals surface area contributed by atoms with Crippen molar-refractivity contribution in [2.45, 2.75) is 6.42 Å². The molecule has 2 aromatic rings. The smallest absolute Gasteiger partial charge is 0.335 e. The van der Waals surface area contributed by atoms with Gasteiger partial charge in [0.05, 0.1) is 18.8 Å². The topological polar surface area (TPSA) is 78.9 Å². The highest BCUT2D eigenvalue weighted by molar-refractivity contribution is 6.05. The fourth-order valence-corrected chi connectivity index (χ4v) is 2.86. The second-order valence-corrected chi connectivity index (χ2v) is 6.24. The van der Waals surface area contributed by atoms with Crippen LogP contribution < -0.4 is 5.32 Å². The summed E-state index contributed by atoms with van der Waals surface area (Å²) in [5, 5.41) is 11.8. The number of carboxylic acid groups (broad SMARTS) is 1. The Morgan fingerprint density at radius 1 is 1.04 bits per heavy atom. The lowest BCUT2D eigenvalue weighted by molar-refractivity contribution is 0.0384. The fraction of sp³-hybridized carbons (Fsp3) is 0.300. The molecule has 1 heterocycles. The van der Waals surface area contributed by atoms with E-state index in [1.165, 1.54) is 17.7 Å². The molecule has 0 radical (unpaired) electrons. The van der Waals surface area contributed by atoms with Crippen LogP contribution in [0.4, 0.5) is 5.69 Å². The van der Waals surface area contributed by atoms with Crippen molar-refractivity contribution in [3.63, 3.8) is 0 Å². The zero-order chi connectivity index (χ0) is 18.4. The maximum absolute atomic E-state index is 12.3. The summed E-state index contributed by atoms with van der Waals surface area (Å²) in [7, 11) is 0. The third kappa shape index (κ3) is 4.91. The van der Waals surface area contributed by atoms with Gasteiger partial charge < -0.3 is 15.2 Å². The number of hydrogen-bond acceptors (Lipinski definition) is 4. The number of nitrogens with zero attached hydrogens (tertiary/aromatic N) is 1. The molecule has 136 valence electrons. The summed E-state index contributed by atoms with van der Waals surface area (Å²) in [4.78, 5) is 25.7. The van der Waals surface area contributed by atoms with Gasteiger partial charge in [-0.15, -0.1) is 0 Å². The monoisotopic (exact) mass is 354 g/mol. The molecule has 0 unspecified atom stereocenters. The second kappa shape index (κ2) is 8.60. The Kier molecular flexibility index (Phi) is 5.99. The summed E-state index contributed by atoms with van der Waals surface area (Å²) >= 11 is 0. The first-order valence-corrected chi connectivity index (χ1v) is 8.65. The number of morpholine rings is 1. The Bertz CT molecular complexity index is 768. The molecule has 0 spiro atoms. The van der Waals surface area contributed by atoms with E-state index < -0.39 is 5.97 Å². The van der Waals surface area contributed by atoms with Crippen LogP contribution in [0.1, 0.15) is 26.3 Å². The van der Waals surface area contributed by atoms with Crippen LogP contribution in [0.25, 0.3) is 0 Å². The summed E-state index contributed by atoms with van der Waals surface area (Å²) in [6, 6.07) is 13.7. The summed E-state index contributed by atoms with van der Waals surface area (Å²) in [5.41, 5.74) is 2.31. The van der Waals surface area contributed by atoms with E-state index in [1.54, 1.807) is 12.1 Å². The van der Waals surface area contributed by atoms with Crippen molar-refractivity contribution < 1.29 is 19.4 Å². The van der Waals surface area contributed by atoms with Crippen LogP contribution in [-0.4, -0.2) is 54.7 Å². The largest absolute Gasteiger partial charge is 0.478 e. The number of benzene rings is 2. The first-order chi connectivity index (χ1) is 12.6. The Balaban J connectivity index is 1.55. The number of ether oxygens (including phenoxy) is 1. The molecule has 2 aromatic carbocycles. The van der Waals surface area contributed by atoms with Crippen molar-refractivity contribution in [3.05, 3.63) is 65.2 Å². The molecule has 2 N–H and O–H groups in total. The standard InChI is InChI=1S/C20H22N2O4/c23-19(16-2-1-3-17(14-16)20(24)25)21-18-6-4-15(5-7-18)8-9-22-10-12-26-13-11-22/h1-7,14H,8-13H2,(H,21,23)(H,24,25). The van der Waals surface area contributed by atoms with Crippen LogP contribution in [0.2, 0.25) is 0 Å². The van der Waals surface area contributed by atoms with Crippen molar-refractivity contribution in [3.8, 4) is 0 Å². The van der Waals surface area contributed by atoms with Gasteiger partial charge in [0.2, 0.25) is 0 Å². The number of carbonyl (C=O) groups excluding carboxylic acids is 1. The van der Waals surface area contributed by atoms with E-state index in [-0.39, 0.29) is 11.5 Å². The van der Waals surface area contributed by atoms with Gasteiger partial charge in [0.15, 0.2) is 0 Å². The molecular formula is C20H22N2O4. The number of rotatable bonds is 6. The number of aromatic carboxylic acids is 1. The number of carboxylic acids is 1. The number of anilines is 1. The molecule has 0 aromatic heterocycles. The van der Waals surface area contributed by atoms with Crippen molar-refractivity contribution in [1.29, 1.82) is 0 Å². The van der Waals surface area contributed by atoms with E-state index >= 15 is 0 Å². The molecule has 0 aliphatic carbocycles. The predicted octanol–water partition coefficient (Wildman–Crippen LogP) is 2.51. The van der Waals surface area contributed by atoms with Crippen molar-refractivity contribution in [2.75, 3.05) is 38.2 Å². The highest BCUT2D eigenvalue weighted by Crippen LogP contribution is 2.13. The van der Waals surface area contributed by atoms with Crippen LogP contribution >= 0.6 is 0 Å². The van der Waals surface area contributed by atoms with E-state index in [0.29, 0.717) is 11.3 Å². The first-order valence-electron chi connectivity index (χ1n) is 8.65. The van der Waals surface area contributed by atoms with E-state index in [1.807, 2.05) is 24.3 Å². The predicted molar refractivity (Wildman–Crippen MR) is 98.8 cm³/mol. The third-order valence-electron chi connectivity index (χ3n) is 4.40. The SMILES string of the molecule is O=C(O)c1cccc(C(=O)Nc2ccc(CCN3CCOCC3)cc2)c1. The molecule has 6 nitrogen and oxygen atoms in total. The molecule has 6 heteroatoms. The van der Waals surface area contributed by atoms with Crippen molar-refractivity contribution >= 4 is 17.6 Å². The van der Waals surface area contributed by atoms with E-state index in [2.05, 4.69) is 10.2 Å². The van der Waals surface area contributed by atoms with Gasteiger partial charge in [-0.3, -0.25) is 9.69 Å². The van der Waals surface area contributed by atoms with Gasteiger partial charge in [0.25, 0.3) is 5.91 Å². The highest BCUT2D eigenvalue weighted by Gasteiger charge is 2.11. The average molecular weight is 354 g/mol. The van der Waals surface area contributed by atoms with E-state index in [0.717, 1.165) is 39.3 Å². The number of nitrogens with one attached hydrogen (secondary N) is 1. The van der Waals surface area contributed by atoms with Crippen molar-refractivity contribution in [1.82, 2.24) is 4.90 Å². The Hall–Kier alpha value is -2.70. The Labute approximate surface area is 152 Å². The summed E-state index contributed by atoms with van der Waals surface area (Å²) in [6.07, 6.45) is 0.953. The lowest BCUT2D eigenvalue weighted by atomic mass is 10.1. The second-order valence-electron chi connectivity index (χ2n) is 6.24. The number of carbonyl (C=O) groups is 2. The molecular weight excluding hydrogens is 332 g/mol. The minimum Gasteiger partial charge on any atom is -0.478 e. The quantitative estimate of drug-likeness (QED) is 0.833. The molecule has 0 bridgehead atoms. The third-order valence-corrected chi connectivity index (χ3v) is 4.40. The van der Waals surface area contributed by atoms with Crippen LogP contribution in [0.5, 0.6) is 0 Å². The molecule has 1 amide bonds. The van der Waals surface area contributed by atoms with Gasteiger partial charge in [-0.2, -0.15) is 0 Å². The van der Waals surface area contributed by atoms with Gasteiger partial charge in [-0.25, -0.2) is 4.79 Å². The maximum Gasteiger partial charge on any atom is 0.335 e. The lowest BCUT2D eigenvalue weighted by Crippen LogP contribution is -2.37. The first kappa shape index (κ1) is 18.1. The molecule has 1 saturated heterocycles. The minimum atomic E-state index is -1.05. The van der Waals surface area contributed by atoms with Crippen LogP contribution in [0, 0.1) is 0 Å². The zero-order valence-corrected chi connectivity index (χ0v) is 14.5. The summed E-state index contributed by atoms with van der Waals surface area (Å²) < 4.78 is 5.35. The normalized spacial score (nSPS) is 14.8. The van der Waals surface area contributed by atoms with E-state index in [4.69, 9.17) is 9.84 Å². The Morgan fingerprint density at radius 2 is 1.73 bits per heavy atom. The number of hydrogen-bond donors (Lipinski definition) is 2. The molecule has 1 fully saturated rings. The highest BCUT2D eigenvalue weighted by atomic mass is 16.5. The van der Waals surface area contributed by atoms with Gasteiger partial charge in [-0.05, 0) is 42.3 Å². The molecule has 1 aliphatic heterocycles. The van der Waals surface area contributed by atoms with E-state index in [9.17, 15) is 9.59 Å². The lowest BCUT2D eigenvalue weighted by Gasteiger charge is -2.26. The maximum atomic E-state index is 12.3.